The smallest absolute Gasteiger partial charge is 0.119 e. The van der Waals surface area contributed by atoms with Gasteiger partial charge >= 0.3 is 0 Å². The van der Waals surface area contributed by atoms with Crippen molar-refractivity contribution in [3.8, 4) is 5.75 Å². The van der Waals surface area contributed by atoms with Crippen molar-refractivity contribution in [1.82, 2.24) is 0 Å². The summed E-state index contributed by atoms with van der Waals surface area (Å²) in [5.41, 5.74) is 9.05. The molecular formula is C17H21NOS. The van der Waals surface area contributed by atoms with E-state index in [1.54, 1.807) is 0 Å². The number of nitrogens with two attached hydrogens (primary N) is 1. The van der Waals surface area contributed by atoms with Gasteiger partial charge in [0, 0.05) is 11.4 Å². The van der Waals surface area contributed by atoms with Gasteiger partial charge in [0.15, 0.2) is 0 Å². The maximum Gasteiger partial charge on any atom is 0.119 e. The number of hydrogen-bond acceptors (Lipinski definition) is 3. The van der Waals surface area contributed by atoms with E-state index in [2.05, 4.69) is 31.2 Å². The SMILES string of the molecule is Cc1cccc(OCCCSCc2ccc(N)cc2)c1. The molecule has 0 radical (unpaired) electrons. The molecule has 0 aliphatic rings. The van der Waals surface area contributed by atoms with Crippen LogP contribution >= 0.6 is 11.8 Å². The number of anilines is 1. The molecule has 2 N–H and O–H groups in total. The van der Waals surface area contributed by atoms with Crippen LogP contribution in [0.15, 0.2) is 48.5 Å². The molecule has 2 aromatic carbocycles. The van der Waals surface area contributed by atoms with E-state index < -0.39 is 0 Å². The Morgan fingerprint density at radius 2 is 1.90 bits per heavy atom. The second-order valence-electron chi connectivity index (χ2n) is 4.81. The zero-order valence-corrected chi connectivity index (χ0v) is 12.7. The van der Waals surface area contributed by atoms with Crippen molar-refractivity contribution in [3.63, 3.8) is 0 Å². The molecule has 2 aromatic rings. The van der Waals surface area contributed by atoms with Crippen LogP contribution in [0.2, 0.25) is 0 Å². The summed E-state index contributed by atoms with van der Waals surface area (Å²) in [6.07, 6.45) is 1.06. The lowest BCUT2D eigenvalue weighted by Gasteiger charge is -2.07. The van der Waals surface area contributed by atoms with Gasteiger partial charge in [-0.2, -0.15) is 11.8 Å². The average Bonchev–Trinajstić information content (AvgIpc) is 2.45. The zero-order chi connectivity index (χ0) is 14.2. The van der Waals surface area contributed by atoms with E-state index in [0.29, 0.717) is 0 Å². The molecule has 0 saturated heterocycles. The molecule has 0 aliphatic carbocycles. The van der Waals surface area contributed by atoms with Crippen molar-refractivity contribution in [3.05, 3.63) is 59.7 Å². The van der Waals surface area contributed by atoms with Crippen LogP contribution in [0.3, 0.4) is 0 Å². The zero-order valence-electron chi connectivity index (χ0n) is 11.8. The first kappa shape index (κ1) is 14.8. The Kier molecular flexibility index (Phi) is 5.81. The molecular weight excluding hydrogens is 266 g/mol. The van der Waals surface area contributed by atoms with Crippen LogP contribution in [0.4, 0.5) is 5.69 Å². The summed E-state index contributed by atoms with van der Waals surface area (Å²) < 4.78 is 5.72. The molecule has 2 rings (SSSR count). The fourth-order valence-electron chi connectivity index (χ4n) is 1.86. The summed E-state index contributed by atoms with van der Waals surface area (Å²) in [6, 6.07) is 16.3. The standard InChI is InChI=1S/C17H21NOS/c1-14-4-2-5-17(12-14)19-10-3-11-20-13-15-6-8-16(18)9-7-15/h2,4-9,12H,3,10-11,13,18H2,1H3. The normalized spacial score (nSPS) is 10.4. The topological polar surface area (TPSA) is 35.2 Å². The van der Waals surface area contributed by atoms with E-state index >= 15 is 0 Å². The molecule has 0 amide bonds. The van der Waals surface area contributed by atoms with E-state index in [1.165, 1.54) is 11.1 Å². The van der Waals surface area contributed by atoms with E-state index in [1.807, 2.05) is 36.0 Å². The van der Waals surface area contributed by atoms with E-state index in [9.17, 15) is 0 Å². The van der Waals surface area contributed by atoms with Crippen molar-refractivity contribution >= 4 is 17.4 Å². The van der Waals surface area contributed by atoms with Gasteiger partial charge in [0.05, 0.1) is 6.61 Å². The highest BCUT2D eigenvalue weighted by molar-refractivity contribution is 7.98. The van der Waals surface area contributed by atoms with Gasteiger partial charge in [-0.1, -0.05) is 24.3 Å². The van der Waals surface area contributed by atoms with Crippen LogP contribution in [-0.2, 0) is 5.75 Å². The Bertz CT molecular complexity index is 525. The minimum absolute atomic E-state index is 0.776. The first-order chi connectivity index (χ1) is 9.74. The lowest BCUT2D eigenvalue weighted by molar-refractivity contribution is 0.318. The Morgan fingerprint density at radius 1 is 1.10 bits per heavy atom. The fourth-order valence-corrected chi connectivity index (χ4v) is 2.75. The predicted octanol–water partition coefficient (Wildman–Crippen LogP) is 4.28. The van der Waals surface area contributed by atoms with Crippen molar-refractivity contribution in [1.29, 1.82) is 0 Å². The third kappa shape index (κ3) is 5.17. The van der Waals surface area contributed by atoms with Gasteiger partial charge in [0.2, 0.25) is 0 Å². The van der Waals surface area contributed by atoms with Gasteiger partial charge in [0.25, 0.3) is 0 Å². The minimum atomic E-state index is 0.776. The molecule has 0 spiro atoms. The van der Waals surface area contributed by atoms with Crippen LogP contribution in [-0.4, -0.2) is 12.4 Å². The summed E-state index contributed by atoms with van der Waals surface area (Å²) in [4.78, 5) is 0. The van der Waals surface area contributed by atoms with Gasteiger partial charge in [0.1, 0.15) is 5.75 Å². The molecule has 2 nitrogen and oxygen atoms in total. The van der Waals surface area contributed by atoms with Gasteiger partial charge in [-0.15, -0.1) is 0 Å². The lowest BCUT2D eigenvalue weighted by Crippen LogP contribution is -1.99. The molecule has 0 atom stereocenters. The Labute approximate surface area is 125 Å². The second kappa shape index (κ2) is 7.85. The summed E-state index contributed by atoms with van der Waals surface area (Å²) in [5, 5.41) is 0. The number of ether oxygens (including phenoxy) is 1. The number of hydrogen-bond donors (Lipinski definition) is 1. The number of aryl methyl sites for hydroxylation is 1. The molecule has 20 heavy (non-hydrogen) atoms. The van der Waals surface area contributed by atoms with Crippen LogP contribution in [0.25, 0.3) is 0 Å². The molecule has 0 heterocycles. The molecule has 0 saturated carbocycles. The summed E-state index contributed by atoms with van der Waals surface area (Å²) in [7, 11) is 0. The number of nitrogen functional groups attached to an aromatic ring is 1. The quantitative estimate of drug-likeness (QED) is 0.610. The Hall–Kier alpha value is -1.61. The molecule has 0 aromatic heterocycles. The van der Waals surface area contributed by atoms with Gasteiger partial charge < -0.3 is 10.5 Å². The molecule has 0 bridgehead atoms. The van der Waals surface area contributed by atoms with Crippen LogP contribution < -0.4 is 10.5 Å². The minimum Gasteiger partial charge on any atom is -0.494 e. The molecule has 0 unspecified atom stereocenters. The third-order valence-electron chi connectivity index (χ3n) is 2.94. The highest BCUT2D eigenvalue weighted by Gasteiger charge is 1.96. The number of rotatable bonds is 7. The van der Waals surface area contributed by atoms with E-state index in [-0.39, 0.29) is 0 Å². The summed E-state index contributed by atoms with van der Waals surface area (Å²) >= 11 is 1.93. The highest BCUT2D eigenvalue weighted by Crippen LogP contribution is 2.16. The van der Waals surface area contributed by atoms with Gasteiger partial charge in [-0.3, -0.25) is 0 Å². The monoisotopic (exact) mass is 287 g/mol. The second-order valence-corrected chi connectivity index (χ2v) is 5.92. The number of benzene rings is 2. The van der Waals surface area contributed by atoms with Crippen molar-refractivity contribution < 1.29 is 4.74 Å². The first-order valence-electron chi connectivity index (χ1n) is 6.86. The average molecular weight is 287 g/mol. The Balaban J connectivity index is 1.59. The molecule has 106 valence electrons. The van der Waals surface area contributed by atoms with Crippen LogP contribution in [0.1, 0.15) is 17.5 Å². The van der Waals surface area contributed by atoms with Gasteiger partial charge in [-0.25, -0.2) is 0 Å². The van der Waals surface area contributed by atoms with Crippen LogP contribution in [0.5, 0.6) is 5.75 Å². The van der Waals surface area contributed by atoms with Crippen molar-refractivity contribution in [2.75, 3.05) is 18.1 Å². The largest absolute Gasteiger partial charge is 0.494 e. The van der Waals surface area contributed by atoms with E-state index in [0.717, 1.165) is 36.0 Å². The maximum atomic E-state index is 5.72. The number of thioether (sulfide) groups is 1. The van der Waals surface area contributed by atoms with E-state index in [4.69, 9.17) is 10.5 Å². The van der Waals surface area contributed by atoms with Crippen LogP contribution in [0, 0.1) is 6.92 Å². The van der Waals surface area contributed by atoms with Crippen molar-refractivity contribution in [2.45, 2.75) is 19.1 Å². The van der Waals surface area contributed by atoms with Crippen molar-refractivity contribution in [2.24, 2.45) is 0 Å². The predicted molar refractivity (Wildman–Crippen MR) is 88.3 cm³/mol. The summed E-state index contributed by atoms with van der Waals surface area (Å²) in [5.74, 6) is 3.11. The summed E-state index contributed by atoms with van der Waals surface area (Å²) in [6.45, 7) is 2.85. The first-order valence-corrected chi connectivity index (χ1v) is 8.01. The Morgan fingerprint density at radius 3 is 2.65 bits per heavy atom. The molecule has 3 heteroatoms. The fraction of sp³-hybridized carbons (Fsp3) is 0.294. The van der Waals surface area contributed by atoms with Gasteiger partial charge in [-0.05, 0) is 54.5 Å². The molecule has 0 fully saturated rings. The highest BCUT2D eigenvalue weighted by atomic mass is 32.2. The third-order valence-corrected chi connectivity index (χ3v) is 4.05. The molecule has 0 aliphatic heterocycles. The lowest BCUT2D eigenvalue weighted by atomic mass is 10.2. The maximum absolute atomic E-state index is 5.72.